The summed E-state index contributed by atoms with van der Waals surface area (Å²) < 4.78 is 0. The summed E-state index contributed by atoms with van der Waals surface area (Å²) in [5.41, 5.74) is 2.00. The third kappa shape index (κ3) is 2.28. The number of hydrogen-bond acceptors (Lipinski definition) is 2. The first-order valence-electron chi connectivity index (χ1n) is 5.42. The molecular weight excluding hydrogens is 198 g/mol. The molecule has 2 nitrogen and oxygen atoms in total. The van der Waals surface area contributed by atoms with E-state index in [0.717, 1.165) is 11.1 Å². The normalized spacial score (nSPS) is 14.4. The third-order valence-corrected chi connectivity index (χ3v) is 2.82. The highest BCUT2D eigenvalue weighted by molar-refractivity contribution is 5.24. The summed E-state index contributed by atoms with van der Waals surface area (Å²) in [5.74, 6) is 0.0744. The molecule has 0 spiro atoms. The molecule has 1 heterocycles. The molecule has 1 N–H and O–H groups in total. The van der Waals surface area contributed by atoms with Gasteiger partial charge in [-0.05, 0) is 17.2 Å². The van der Waals surface area contributed by atoms with Crippen molar-refractivity contribution < 1.29 is 5.11 Å². The van der Waals surface area contributed by atoms with Crippen molar-refractivity contribution in [2.24, 2.45) is 0 Å². The molecule has 0 unspecified atom stereocenters. The smallest absolute Gasteiger partial charge is 0.0870 e. The zero-order valence-electron chi connectivity index (χ0n) is 9.25. The van der Waals surface area contributed by atoms with Gasteiger partial charge in [0.1, 0.15) is 0 Å². The Kier molecular flexibility index (Phi) is 3.32. The lowest BCUT2D eigenvalue weighted by Crippen LogP contribution is -2.07. The van der Waals surface area contributed by atoms with E-state index < -0.39 is 6.10 Å². The molecule has 0 aliphatic carbocycles. The number of pyridine rings is 1. The number of hydrogen-bond donors (Lipinski definition) is 1. The zero-order valence-corrected chi connectivity index (χ0v) is 9.25. The Bertz CT molecular complexity index is 384. The Labute approximate surface area is 95.6 Å². The highest BCUT2D eigenvalue weighted by Gasteiger charge is 2.17. The molecule has 16 heavy (non-hydrogen) atoms. The SMILES string of the molecule is C[C@@H](c1ccccc1)[C@H](O)c1cccnc1. The molecule has 0 saturated carbocycles. The van der Waals surface area contributed by atoms with Crippen molar-refractivity contribution in [1.82, 2.24) is 4.98 Å². The summed E-state index contributed by atoms with van der Waals surface area (Å²) in [4.78, 5) is 4.02. The van der Waals surface area contributed by atoms with Crippen LogP contribution in [0.15, 0.2) is 54.9 Å². The van der Waals surface area contributed by atoms with Gasteiger partial charge >= 0.3 is 0 Å². The van der Waals surface area contributed by atoms with E-state index >= 15 is 0 Å². The van der Waals surface area contributed by atoms with Crippen LogP contribution in [0.5, 0.6) is 0 Å². The quantitative estimate of drug-likeness (QED) is 0.850. The van der Waals surface area contributed by atoms with E-state index in [-0.39, 0.29) is 5.92 Å². The molecule has 0 aliphatic rings. The minimum atomic E-state index is -0.504. The molecule has 82 valence electrons. The summed E-state index contributed by atoms with van der Waals surface area (Å²) >= 11 is 0. The molecule has 0 saturated heterocycles. The average Bonchev–Trinajstić information content (AvgIpc) is 2.39. The van der Waals surface area contributed by atoms with Crippen molar-refractivity contribution >= 4 is 0 Å². The van der Waals surface area contributed by atoms with Gasteiger partial charge in [-0.2, -0.15) is 0 Å². The van der Waals surface area contributed by atoms with Gasteiger partial charge in [0.05, 0.1) is 6.10 Å². The number of aromatic nitrogens is 1. The van der Waals surface area contributed by atoms with Crippen LogP contribution in [-0.4, -0.2) is 10.1 Å². The Morgan fingerprint density at radius 2 is 1.69 bits per heavy atom. The fourth-order valence-corrected chi connectivity index (χ4v) is 1.78. The fourth-order valence-electron chi connectivity index (χ4n) is 1.78. The van der Waals surface area contributed by atoms with Crippen LogP contribution in [0.3, 0.4) is 0 Å². The van der Waals surface area contributed by atoms with Gasteiger partial charge in [0, 0.05) is 18.3 Å². The van der Waals surface area contributed by atoms with Crippen LogP contribution in [0.4, 0.5) is 0 Å². The Balaban J connectivity index is 2.20. The van der Waals surface area contributed by atoms with Crippen molar-refractivity contribution in [2.45, 2.75) is 18.9 Å². The van der Waals surface area contributed by atoms with Gasteiger partial charge in [0.15, 0.2) is 0 Å². The molecule has 2 atom stereocenters. The van der Waals surface area contributed by atoms with Gasteiger partial charge in [0.25, 0.3) is 0 Å². The topological polar surface area (TPSA) is 33.1 Å². The Hall–Kier alpha value is -1.67. The predicted octanol–water partition coefficient (Wildman–Crippen LogP) is 2.92. The molecule has 0 amide bonds. The lowest BCUT2D eigenvalue weighted by molar-refractivity contribution is 0.151. The maximum atomic E-state index is 10.2. The van der Waals surface area contributed by atoms with E-state index in [1.807, 2.05) is 49.4 Å². The van der Waals surface area contributed by atoms with Crippen LogP contribution in [0.1, 0.15) is 30.1 Å². The Morgan fingerprint density at radius 3 is 2.31 bits per heavy atom. The van der Waals surface area contributed by atoms with Gasteiger partial charge in [-0.15, -0.1) is 0 Å². The van der Waals surface area contributed by atoms with E-state index in [0.29, 0.717) is 0 Å². The number of benzene rings is 1. The van der Waals surface area contributed by atoms with E-state index in [1.54, 1.807) is 12.4 Å². The first-order valence-corrected chi connectivity index (χ1v) is 5.42. The van der Waals surface area contributed by atoms with Crippen molar-refractivity contribution in [2.75, 3.05) is 0 Å². The molecule has 2 heteroatoms. The predicted molar refractivity (Wildman–Crippen MR) is 64.1 cm³/mol. The number of aliphatic hydroxyl groups excluding tert-OH is 1. The standard InChI is InChI=1S/C14H15NO/c1-11(12-6-3-2-4-7-12)14(16)13-8-5-9-15-10-13/h2-11,14,16H,1H3/t11-,14-/m0/s1. The van der Waals surface area contributed by atoms with Crippen LogP contribution in [-0.2, 0) is 0 Å². The van der Waals surface area contributed by atoms with Crippen LogP contribution < -0.4 is 0 Å². The van der Waals surface area contributed by atoms with E-state index in [9.17, 15) is 5.11 Å². The summed E-state index contributed by atoms with van der Waals surface area (Å²) in [7, 11) is 0. The van der Waals surface area contributed by atoms with Crippen molar-refractivity contribution in [3.05, 3.63) is 66.0 Å². The summed E-state index contributed by atoms with van der Waals surface area (Å²) in [5, 5.41) is 10.2. The monoisotopic (exact) mass is 213 g/mol. The van der Waals surface area contributed by atoms with Crippen LogP contribution in [0, 0.1) is 0 Å². The average molecular weight is 213 g/mol. The molecule has 2 rings (SSSR count). The minimum absolute atomic E-state index is 0.0744. The number of aliphatic hydroxyl groups is 1. The van der Waals surface area contributed by atoms with Gasteiger partial charge in [0.2, 0.25) is 0 Å². The molecule has 0 aliphatic heterocycles. The minimum Gasteiger partial charge on any atom is -0.388 e. The van der Waals surface area contributed by atoms with E-state index in [4.69, 9.17) is 0 Å². The molecule has 1 aromatic carbocycles. The second-order valence-corrected chi connectivity index (χ2v) is 3.93. The molecule has 2 aromatic rings. The first kappa shape index (κ1) is 10.8. The fraction of sp³-hybridized carbons (Fsp3) is 0.214. The summed E-state index contributed by atoms with van der Waals surface area (Å²) in [6, 6.07) is 13.8. The highest BCUT2D eigenvalue weighted by Crippen LogP contribution is 2.29. The summed E-state index contributed by atoms with van der Waals surface area (Å²) in [6.45, 7) is 2.02. The maximum absolute atomic E-state index is 10.2. The zero-order chi connectivity index (χ0) is 11.4. The molecular formula is C14H15NO. The molecule has 1 aromatic heterocycles. The molecule has 0 bridgehead atoms. The van der Waals surface area contributed by atoms with E-state index in [1.165, 1.54) is 0 Å². The molecule has 0 radical (unpaired) electrons. The van der Waals surface area contributed by atoms with Gasteiger partial charge in [-0.3, -0.25) is 4.98 Å². The lowest BCUT2D eigenvalue weighted by atomic mass is 9.92. The third-order valence-electron chi connectivity index (χ3n) is 2.82. The van der Waals surface area contributed by atoms with E-state index in [2.05, 4.69) is 4.98 Å². The van der Waals surface area contributed by atoms with Crippen LogP contribution in [0.2, 0.25) is 0 Å². The van der Waals surface area contributed by atoms with Gasteiger partial charge in [-0.25, -0.2) is 0 Å². The van der Waals surface area contributed by atoms with Crippen molar-refractivity contribution in [1.29, 1.82) is 0 Å². The Morgan fingerprint density at radius 1 is 1.00 bits per heavy atom. The number of nitrogens with zero attached hydrogens (tertiary/aromatic N) is 1. The van der Waals surface area contributed by atoms with Crippen LogP contribution in [0.25, 0.3) is 0 Å². The maximum Gasteiger partial charge on any atom is 0.0870 e. The lowest BCUT2D eigenvalue weighted by Gasteiger charge is -2.19. The largest absolute Gasteiger partial charge is 0.388 e. The molecule has 0 fully saturated rings. The van der Waals surface area contributed by atoms with Crippen LogP contribution >= 0.6 is 0 Å². The summed E-state index contributed by atoms with van der Waals surface area (Å²) in [6.07, 6.45) is 2.92. The first-order chi connectivity index (χ1) is 7.79. The second kappa shape index (κ2) is 4.90. The van der Waals surface area contributed by atoms with Crippen molar-refractivity contribution in [3.63, 3.8) is 0 Å². The van der Waals surface area contributed by atoms with Gasteiger partial charge in [-0.1, -0.05) is 43.3 Å². The second-order valence-electron chi connectivity index (χ2n) is 3.93. The van der Waals surface area contributed by atoms with Gasteiger partial charge < -0.3 is 5.11 Å². The number of rotatable bonds is 3. The highest BCUT2D eigenvalue weighted by atomic mass is 16.3. The van der Waals surface area contributed by atoms with Crippen molar-refractivity contribution in [3.8, 4) is 0 Å².